The third-order valence-electron chi connectivity index (χ3n) is 7.99. The van der Waals surface area contributed by atoms with Crippen LogP contribution in [-0.4, -0.2) is 91.3 Å². The highest BCUT2D eigenvalue weighted by molar-refractivity contribution is 5.92. The van der Waals surface area contributed by atoms with Gasteiger partial charge in [-0.05, 0) is 23.3 Å². The first-order valence-electron chi connectivity index (χ1n) is 13.5. The molecule has 3 N–H and O–H groups in total. The summed E-state index contributed by atoms with van der Waals surface area (Å²) in [5.74, 6) is 0.437. The van der Waals surface area contributed by atoms with Crippen LogP contribution < -0.4 is 5.73 Å². The van der Waals surface area contributed by atoms with E-state index in [1.807, 2.05) is 27.4 Å². The van der Waals surface area contributed by atoms with Crippen molar-refractivity contribution in [2.24, 2.45) is 0 Å². The minimum atomic E-state index is -0.130. The molecule has 0 bridgehead atoms. The number of fused-ring (bicyclic) bond motifs is 3. The first-order valence-corrected chi connectivity index (χ1v) is 13.5. The van der Waals surface area contributed by atoms with E-state index in [1.54, 1.807) is 0 Å². The molecule has 0 saturated carbocycles. The zero-order valence-electron chi connectivity index (χ0n) is 21.7. The molecule has 2 atom stereocenters. The van der Waals surface area contributed by atoms with Crippen LogP contribution in [0, 0.1) is 0 Å². The summed E-state index contributed by atoms with van der Waals surface area (Å²) in [6.45, 7) is 5.88. The Hall–Kier alpha value is -3.83. The van der Waals surface area contributed by atoms with Gasteiger partial charge < -0.3 is 15.6 Å². The zero-order chi connectivity index (χ0) is 26.3. The van der Waals surface area contributed by atoms with Crippen molar-refractivity contribution in [2.45, 2.75) is 18.7 Å². The van der Waals surface area contributed by atoms with Crippen LogP contribution in [0.15, 0.2) is 67.1 Å². The lowest BCUT2D eigenvalue weighted by Crippen LogP contribution is -2.58. The Bertz CT molecular complexity index is 1610. The van der Waals surface area contributed by atoms with Crippen molar-refractivity contribution < 1.29 is 9.84 Å². The summed E-state index contributed by atoms with van der Waals surface area (Å²) in [7, 11) is 0. The van der Waals surface area contributed by atoms with Crippen molar-refractivity contribution in [3.05, 3.63) is 78.4 Å². The van der Waals surface area contributed by atoms with Crippen molar-refractivity contribution in [3.8, 4) is 11.1 Å². The van der Waals surface area contributed by atoms with Gasteiger partial charge in [0.25, 0.3) is 0 Å². The smallest absolute Gasteiger partial charge is 0.151 e. The Kier molecular flexibility index (Phi) is 6.24. The molecule has 2 aromatic carbocycles. The summed E-state index contributed by atoms with van der Waals surface area (Å²) in [5, 5.41) is 19.9. The van der Waals surface area contributed by atoms with E-state index in [1.165, 1.54) is 11.9 Å². The van der Waals surface area contributed by atoms with Crippen LogP contribution in [0.5, 0.6) is 0 Å². The van der Waals surface area contributed by atoms with Gasteiger partial charge >= 0.3 is 0 Å². The molecule has 0 radical (unpaired) electrons. The number of aromatic nitrogens is 5. The van der Waals surface area contributed by atoms with Crippen LogP contribution in [0.3, 0.4) is 0 Å². The fourth-order valence-corrected chi connectivity index (χ4v) is 6.00. The van der Waals surface area contributed by atoms with Gasteiger partial charge in [0.2, 0.25) is 0 Å². The number of ether oxygens (including phenoxy) is 1. The van der Waals surface area contributed by atoms with Crippen molar-refractivity contribution in [1.29, 1.82) is 0 Å². The van der Waals surface area contributed by atoms with Gasteiger partial charge in [-0.1, -0.05) is 42.5 Å². The number of aliphatic hydroxyl groups is 1. The van der Waals surface area contributed by atoms with Gasteiger partial charge in [-0.25, -0.2) is 9.50 Å². The lowest BCUT2D eigenvalue weighted by molar-refractivity contribution is -0.0931. The molecule has 200 valence electrons. The first kappa shape index (κ1) is 24.2. The van der Waals surface area contributed by atoms with Crippen LogP contribution in [0.4, 0.5) is 5.82 Å². The maximum atomic E-state index is 9.33. The summed E-state index contributed by atoms with van der Waals surface area (Å²) in [6, 6.07) is 19.2. The van der Waals surface area contributed by atoms with Gasteiger partial charge in [0.15, 0.2) is 5.82 Å². The molecule has 5 heterocycles. The van der Waals surface area contributed by atoms with E-state index in [0.717, 1.165) is 66.0 Å². The largest absolute Gasteiger partial charge is 0.395 e. The number of morpholine rings is 1. The van der Waals surface area contributed by atoms with Crippen molar-refractivity contribution >= 4 is 22.2 Å². The highest BCUT2D eigenvalue weighted by Gasteiger charge is 2.35. The molecule has 2 aliphatic rings. The Morgan fingerprint density at radius 1 is 1.05 bits per heavy atom. The fraction of sp³-hybridized carbons (Fsp3) is 0.345. The van der Waals surface area contributed by atoms with Gasteiger partial charge in [0.1, 0.15) is 17.9 Å². The van der Waals surface area contributed by atoms with Gasteiger partial charge in [-0.2, -0.15) is 10.2 Å². The zero-order valence-corrected chi connectivity index (χ0v) is 21.7. The number of anilines is 1. The molecule has 10 heteroatoms. The van der Waals surface area contributed by atoms with Crippen molar-refractivity contribution in [3.63, 3.8) is 0 Å². The fourth-order valence-electron chi connectivity index (χ4n) is 6.00. The van der Waals surface area contributed by atoms with E-state index in [2.05, 4.69) is 62.5 Å². The van der Waals surface area contributed by atoms with Gasteiger partial charge in [0, 0.05) is 55.9 Å². The lowest BCUT2D eigenvalue weighted by atomic mass is 10.0. The van der Waals surface area contributed by atoms with Gasteiger partial charge in [-0.15, -0.1) is 0 Å². The predicted octanol–water partition coefficient (Wildman–Crippen LogP) is 2.43. The molecule has 3 aromatic heterocycles. The Labute approximate surface area is 226 Å². The second kappa shape index (κ2) is 10.0. The highest BCUT2D eigenvalue weighted by atomic mass is 16.5. The summed E-state index contributed by atoms with van der Waals surface area (Å²) in [4.78, 5) is 9.11. The summed E-state index contributed by atoms with van der Waals surface area (Å²) >= 11 is 0. The summed E-state index contributed by atoms with van der Waals surface area (Å²) in [6.07, 6.45) is 3.46. The van der Waals surface area contributed by atoms with Crippen LogP contribution in [0.25, 0.3) is 27.5 Å². The van der Waals surface area contributed by atoms with E-state index < -0.39 is 0 Å². The molecule has 0 amide bonds. The summed E-state index contributed by atoms with van der Waals surface area (Å²) in [5.41, 5.74) is 12.3. The number of nitrogens with zero attached hydrogens (tertiary/aromatic N) is 7. The quantitative estimate of drug-likeness (QED) is 0.349. The number of β-amino-alcohol motifs (C(OH)–C–C–N with tert-alkyl or cyclic N) is 1. The van der Waals surface area contributed by atoms with E-state index in [4.69, 9.17) is 15.6 Å². The standard InChI is InChI=1S/C29H32N8O2/c30-29-28-24(21-6-7-22-15-36(33-25(22)12-21)14-20-4-2-1-3-5-20)13-26(37(28)32-19-31-29)27-17-35-9-8-34(10-11-38)16-23(35)18-39-27/h1-7,12-13,15,19,23,27,38H,8-11,14,16-18H2,(H2,30,31,32). The molecular formula is C29H32N8O2. The Morgan fingerprint density at radius 3 is 2.82 bits per heavy atom. The van der Waals surface area contributed by atoms with Gasteiger partial charge in [-0.3, -0.25) is 14.5 Å². The number of piperazine rings is 1. The van der Waals surface area contributed by atoms with E-state index in [0.29, 0.717) is 25.0 Å². The average Bonchev–Trinajstić information content (AvgIpc) is 3.55. The van der Waals surface area contributed by atoms with Crippen LogP contribution >= 0.6 is 0 Å². The molecular weight excluding hydrogens is 492 g/mol. The highest BCUT2D eigenvalue weighted by Crippen LogP contribution is 2.36. The maximum Gasteiger partial charge on any atom is 0.151 e. The third kappa shape index (κ3) is 4.55. The number of hydrogen-bond acceptors (Lipinski definition) is 8. The van der Waals surface area contributed by atoms with E-state index >= 15 is 0 Å². The number of nitrogen functional groups attached to an aromatic ring is 1. The van der Waals surface area contributed by atoms with Crippen molar-refractivity contribution in [2.75, 3.05) is 51.7 Å². The normalized spacial score (nSPS) is 20.5. The van der Waals surface area contributed by atoms with Crippen LogP contribution in [-0.2, 0) is 11.3 Å². The van der Waals surface area contributed by atoms with Crippen LogP contribution in [0.2, 0.25) is 0 Å². The van der Waals surface area contributed by atoms with Crippen LogP contribution in [0.1, 0.15) is 17.4 Å². The number of hydrogen-bond donors (Lipinski definition) is 2. The molecule has 10 nitrogen and oxygen atoms in total. The topological polar surface area (TPSA) is 110 Å². The summed E-state index contributed by atoms with van der Waals surface area (Å²) < 4.78 is 10.3. The molecule has 2 fully saturated rings. The molecule has 5 aromatic rings. The molecule has 2 aliphatic heterocycles. The molecule has 2 saturated heterocycles. The number of benzene rings is 2. The Balaban J connectivity index is 1.21. The minimum Gasteiger partial charge on any atom is -0.395 e. The molecule has 39 heavy (non-hydrogen) atoms. The van der Waals surface area contributed by atoms with Gasteiger partial charge in [0.05, 0.1) is 31.0 Å². The predicted molar refractivity (Wildman–Crippen MR) is 149 cm³/mol. The second-order valence-electron chi connectivity index (χ2n) is 10.5. The lowest BCUT2D eigenvalue weighted by Gasteiger charge is -2.45. The molecule has 0 spiro atoms. The monoisotopic (exact) mass is 524 g/mol. The Morgan fingerprint density at radius 2 is 1.95 bits per heavy atom. The number of rotatable bonds is 6. The van der Waals surface area contributed by atoms with Crippen molar-refractivity contribution in [1.82, 2.24) is 34.2 Å². The second-order valence-corrected chi connectivity index (χ2v) is 10.5. The molecule has 2 unspecified atom stereocenters. The molecule has 0 aliphatic carbocycles. The number of nitrogens with two attached hydrogens (primary N) is 1. The minimum absolute atomic E-state index is 0.130. The van der Waals surface area contributed by atoms with E-state index in [9.17, 15) is 5.11 Å². The first-order chi connectivity index (χ1) is 19.2. The molecule has 7 rings (SSSR count). The maximum absolute atomic E-state index is 9.33. The average molecular weight is 525 g/mol. The number of aliphatic hydroxyl groups excluding tert-OH is 1. The third-order valence-corrected chi connectivity index (χ3v) is 7.99. The SMILES string of the molecule is Nc1ncnn2c(C3CN4CCN(CCO)CC4CO3)cc(-c3ccc4cn(Cc5ccccc5)nc4c3)c12. The van der Waals surface area contributed by atoms with E-state index in [-0.39, 0.29) is 12.7 Å².